The van der Waals surface area contributed by atoms with Gasteiger partial charge in [-0.3, -0.25) is 14.1 Å². The van der Waals surface area contributed by atoms with Gasteiger partial charge in [0.1, 0.15) is 23.0 Å². The maximum absolute atomic E-state index is 11.7. The van der Waals surface area contributed by atoms with Crippen LogP contribution in [0.15, 0.2) is 17.1 Å². The zero-order valence-electron chi connectivity index (χ0n) is 11.4. The van der Waals surface area contributed by atoms with E-state index in [-0.39, 0.29) is 34.2 Å². The van der Waals surface area contributed by atoms with Gasteiger partial charge in [-0.1, -0.05) is 12.2 Å². The molecule has 1 saturated heterocycles. The van der Waals surface area contributed by atoms with Crippen molar-refractivity contribution in [3.63, 3.8) is 0 Å². The van der Waals surface area contributed by atoms with Crippen LogP contribution in [-0.2, 0) is 13.8 Å². The van der Waals surface area contributed by atoms with E-state index in [9.17, 15) is 19.6 Å². The maximum atomic E-state index is 11.7. The molecule has 5 N–H and O–H groups in total. The summed E-state index contributed by atoms with van der Waals surface area (Å²) in [5.41, 5.74) is -0.657. The Balaban J connectivity index is 0.00000242. The van der Waals surface area contributed by atoms with E-state index in [1.165, 1.54) is 12.3 Å². The number of phosphoric acid groups is 1. The van der Waals surface area contributed by atoms with Crippen LogP contribution in [0.4, 0.5) is 0 Å². The molecule has 1 aliphatic heterocycles. The Hall–Kier alpha value is 0.0900. The topological polar surface area (TPSA) is 154 Å². The van der Waals surface area contributed by atoms with E-state index in [0.717, 1.165) is 4.57 Å². The summed E-state index contributed by atoms with van der Waals surface area (Å²) in [6.07, 6.45) is -4.11. The molecule has 22 heavy (non-hydrogen) atoms. The molecule has 1 fully saturated rings. The van der Waals surface area contributed by atoms with Crippen molar-refractivity contribution in [1.29, 1.82) is 0 Å². The third-order valence-corrected chi connectivity index (χ3v) is 3.59. The van der Waals surface area contributed by atoms with Crippen LogP contribution in [0.1, 0.15) is 6.23 Å². The molecular weight excluding hydrogens is 350 g/mol. The predicted octanol–water partition coefficient (Wildman–Crippen LogP) is -4.36. The molecule has 0 bridgehead atoms. The van der Waals surface area contributed by atoms with E-state index < -0.39 is 44.7 Å². The van der Waals surface area contributed by atoms with Crippen molar-refractivity contribution in [1.82, 2.24) is 9.55 Å². The number of nitrogens with zero attached hydrogens (tertiary/aromatic N) is 1. The summed E-state index contributed by atoms with van der Waals surface area (Å²) in [5.74, 6) is 0. The Morgan fingerprint density at radius 1 is 1.41 bits per heavy atom. The van der Waals surface area contributed by atoms with Crippen LogP contribution in [0.3, 0.4) is 0 Å². The molecule has 4 atom stereocenters. The van der Waals surface area contributed by atoms with Gasteiger partial charge in [0.2, 0.25) is 0 Å². The molecule has 0 amide bonds. The monoisotopic (exact) mass is 363 g/mol. The standard InChI is InChI=1S/C9H13N2O8PS.Na/c12-6-4(3-18-20(15,16)17)19-8(7(6)13)11-2-1-5(21)10-9(11)14;/h1-2,4,6-8,12-13H,3H2,(H,10,14,21)(H2,15,16,17);/q;+1. The molecule has 0 aromatic carbocycles. The normalized spacial score (nSPS) is 28.4. The summed E-state index contributed by atoms with van der Waals surface area (Å²) < 4.78 is 21.2. The second-order valence-electron chi connectivity index (χ2n) is 4.35. The SMILES string of the molecule is O=c1[nH]c(=S)ccn1C1OC(COP(=O)(O)O)C(O)C1O.[Na+]. The molecule has 0 spiro atoms. The van der Waals surface area contributed by atoms with E-state index in [1.54, 1.807) is 0 Å². The largest absolute Gasteiger partial charge is 1.00 e. The van der Waals surface area contributed by atoms with Gasteiger partial charge in [0.25, 0.3) is 0 Å². The summed E-state index contributed by atoms with van der Waals surface area (Å²) in [5, 5.41) is 19.7. The van der Waals surface area contributed by atoms with Gasteiger partial charge >= 0.3 is 43.1 Å². The zero-order valence-corrected chi connectivity index (χ0v) is 15.1. The minimum Gasteiger partial charge on any atom is -0.387 e. The molecule has 1 aromatic rings. The van der Waals surface area contributed by atoms with Gasteiger partial charge in [0.15, 0.2) is 6.23 Å². The number of phosphoric ester groups is 1. The number of nitrogens with one attached hydrogen (secondary N) is 1. The minimum absolute atomic E-state index is 0. The number of aliphatic hydroxyl groups is 2. The van der Waals surface area contributed by atoms with Gasteiger partial charge in [0, 0.05) is 6.20 Å². The van der Waals surface area contributed by atoms with Crippen LogP contribution in [0.2, 0.25) is 0 Å². The number of aliphatic hydroxyl groups excluding tert-OH is 2. The van der Waals surface area contributed by atoms with Crippen molar-refractivity contribution >= 4 is 20.0 Å². The van der Waals surface area contributed by atoms with Crippen LogP contribution in [-0.4, -0.2) is 54.5 Å². The second kappa shape index (κ2) is 7.77. The quantitative estimate of drug-likeness (QED) is 0.203. The number of aromatic amines is 1. The Morgan fingerprint density at radius 2 is 2.05 bits per heavy atom. The van der Waals surface area contributed by atoms with Gasteiger partial charge in [-0.25, -0.2) is 9.36 Å². The number of H-pyrrole nitrogens is 1. The molecule has 0 aliphatic carbocycles. The molecule has 13 heteroatoms. The third-order valence-electron chi connectivity index (χ3n) is 2.87. The van der Waals surface area contributed by atoms with Crippen molar-refractivity contribution in [2.24, 2.45) is 0 Å². The van der Waals surface area contributed by atoms with E-state index in [0.29, 0.717) is 0 Å². The fourth-order valence-corrected chi connectivity index (χ4v) is 2.38. The summed E-state index contributed by atoms with van der Waals surface area (Å²) in [6, 6.07) is 1.39. The van der Waals surface area contributed by atoms with Gasteiger partial charge in [-0.15, -0.1) is 0 Å². The Morgan fingerprint density at radius 3 is 2.59 bits per heavy atom. The number of rotatable bonds is 4. The average molecular weight is 363 g/mol. The molecule has 0 saturated carbocycles. The molecule has 4 unspecified atom stereocenters. The van der Waals surface area contributed by atoms with Gasteiger partial charge < -0.3 is 24.7 Å². The third kappa shape index (κ3) is 4.79. The van der Waals surface area contributed by atoms with Gasteiger partial charge in [0.05, 0.1) is 6.61 Å². The van der Waals surface area contributed by atoms with E-state index in [2.05, 4.69) is 9.51 Å². The average Bonchev–Trinajstić information content (AvgIpc) is 2.64. The van der Waals surface area contributed by atoms with Gasteiger partial charge in [-0.05, 0) is 6.07 Å². The van der Waals surface area contributed by atoms with Crippen molar-refractivity contribution in [2.75, 3.05) is 6.61 Å². The van der Waals surface area contributed by atoms with Crippen LogP contribution in [0.25, 0.3) is 0 Å². The van der Waals surface area contributed by atoms with Crippen molar-refractivity contribution in [3.8, 4) is 0 Å². The van der Waals surface area contributed by atoms with Crippen molar-refractivity contribution < 1.29 is 63.4 Å². The molecule has 10 nitrogen and oxygen atoms in total. The number of hydrogen-bond donors (Lipinski definition) is 5. The first-order chi connectivity index (χ1) is 9.69. The minimum atomic E-state index is -4.73. The van der Waals surface area contributed by atoms with E-state index in [4.69, 9.17) is 26.7 Å². The fourth-order valence-electron chi connectivity index (χ4n) is 1.89. The fraction of sp³-hybridized carbons (Fsp3) is 0.556. The molecular formula is C9H13N2NaO8PS+. The number of aromatic nitrogens is 2. The van der Waals surface area contributed by atoms with Crippen LogP contribution in [0.5, 0.6) is 0 Å². The van der Waals surface area contributed by atoms with Gasteiger partial charge in [-0.2, -0.15) is 0 Å². The number of hydrogen-bond acceptors (Lipinski definition) is 7. The summed E-state index contributed by atoms with van der Waals surface area (Å²) >= 11 is 4.76. The van der Waals surface area contributed by atoms with Crippen molar-refractivity contribution in [2.45, 2.75) is 24.5 Å². The first-order valence-electron chi connectivity index (χ1n) is 5.72. The zero-order chi connectivity index (χ0) is 15.8. The van der Waals surface area contributed by atoms with Crippen LogP contribution >= 0.6 is 20.0 Å². The Labute approximate surface area is 151 Å². The van der Waals surface area contributed by atoms with E-state index in [1.807, 2.05) is 0 Å². The first kappa shape index (κ1) is 20.1. The van der Waals surface area contributed by atoms with E-state index >= 15 is 0 Å². The summed E-state index contributed by atoms with van der Waals surface area (Å²) in [4.78, 5) is 31.2. The first-order valence-corrected chi connectivity index (χ1v) is 7.66. The van der Waals surface area contributed by atoms with Crippen LogP contribution < -0.4 is 35.2 Å². The van der Waals surface area contributed by atoms with Crippen molar-refractivity contribution in [3.05, 3.63) is 27.4 Å². The Kier molecular flexibility index (Phi) is 7.12. The maximum Gasteiger partial charge on any atom is 1.00 e. The molecule has 2 heterocycles. The molecule has 2 rings (SSSR count). The van der Waals surface area contributed by atoms with Crippen LogP contribution in [0, 0.1) is 4.64 Å². The predicted molar refractivity (Wildman–Crippen MR) is 69.8 cm³/mol. The summed E-state index contributed by atoms with van der Waals surface area (Å²) in [6.45, 7) is -0.642. The molecule has 118 valence electrons. The molecule has 0 radical (unpaired) electrons. The second-order valence-corrected chi connectivity index (χ2v) is 6.03. The Bertz CT molecular complexity index is 674. The molecule has 1 aromatic heterocycles. The molecule has 1 aliphatic rings. The smallest absolute Gasteiger partial charge is 0.387 e. The summed E-state index contributed by atoms with van der Waals surface area (Å²) in [7, 11) is -4.73. The number of ether oxygens (including phenoxy) is 1.